The highest BCUT2D eigenvalue weighted by atomic mass is 32.2. The van der Waals surface area contributed by atoms with Crippen molar-refractivity contribution in [1.82, 2.24) is 10.2 Å². The quantitative estimate of drug-likeness (QED) is 0.698. The average Bonchev–Trinajstić information content (AvgIpc) is 3.00. The van der Waals surface area contributed by atoms with Gasteiger partial charge in [-0.05, 0) is 39.1 Å². The van der Waals surface area contributed by atoms with Gasteiger partial charge in [-0.3, -0.25) is 4.79 Å². The Morgan fingerprint density at radius 1 is 1.57 bits per heavy atom. The van der Waals surface area contributed by atoms with E-state index in [-0.39, 0.29) is 5.91 Å². The Morgan fingerprint density at radius 3 is 2.90 bits per heavy atom. The Hall–Kier alpha value is -0.920. The van der Waals surface area contributed by atoms with Gasteiger partial charge < -0.3 is 21.3 Å². The standard InChI is InChI=1S/C14H24N4OS2/c1-4-16-13(19)11-10(15)12(20-3)14(21-11)17-7-9-5-6-18(2)8-9/h9,17H,4-8,15H2,1-3H3,(H,16,19). The molecule has 1 aliphatic rings. The highest BCUT2D eigenvalue weighted by Gasteiger charge is 2.23. The molecular weight excluding hydrogens is 304 g/mol. The van der Waals surface area contributed by atoms with Crippen LogP contribution in [0.15, 0.2) is 4.90 Å². The second kappa shape index (κ2) is 7.38. The van der Waals surface area contributed by atoms with Gasteiger partial charge in [0, 0.05) is 19.6 Å². The summed E-state index contributed by atoms with van der Waals surface area (Å²) in [5.74, 6) is 0.588. The number of carbonyl (C=O) groups is 1. The number of likely N-dealkylation sites (tertiary alicyclic amines) is 1. The first kappa shape index (κ1) is 16.5. The number of rotatable bonds is 6. The van der Waals surface area contributed by atoms with Crippen molar-refractivity contribution in [3.05, 3.63) is 4.88 Å². The van der Waals surface area contributed by atoms with Crippen LogP contribution in [-0.2, 0) is 0 Å². The molecule has 5 nitrogen and oxygen atoms in total. The first-order valence-electron chi connectivity index (χ1n) is 7.23. The van der Waals surface area contributed by atoms with Crippen LogP contribution in [0.25, 0.3) is 0 Å². The maximum absolute atomic E-state index is 12.0. The highest BCUT2D eigenvalue weighted by molar-refractivity contribution is 7.99. The number of hydrogen-bond donors (Lipinski definition) is 3. The van der Waals surface area contributed by atoms with E-state index in [1.165, 1.54) is 24.3 Å². The van der Waals surface area contributed by atoms with Gasteiger partial charge in [-0.25, -0.2) is 0 Å². The number of thioether (sulfide) groups is 1. The van der Waals surface area contributed by atoms with Crippen LogP contribution in [0.4, 0.5) is 10.7 Å². The largest absolute Gasteiger partial charge is 0.396 e. The van der Waals surface area contributed by atoms with Crippen LogP contribution in [0.1, 0.15) is 23.0 Å². The van der Waals surface area contributed by atoms with Gasteiger partial charge in [0.05, 0.1) is 10.6 Å². The molecule has 0 aliphatic carbocycles. The molecule has 0 saturated carbocycles. The molecule has 1 unspecified atom stereocenters. The molecule has 1 aromatic rings. The Labute approximate surface area is 134 Å². The number of amides is 1. The molecule has 1 fully saturated rings. The fourth-order valence-electron chi connectivity index (χ4n) is 2.59. The maximum Gasteiger partial charge on any atom is 0.263 e. The number of nitrogens with two attached hydrogens (primary N) is 1. The Balaban J connectivity index is 2.07. The number of nitrogens with zero attached hydrogens (tertiary/aromatic N) is 1. The van der Waals surface area contributed by atoms with Crippen LogP contribution in [0, 0.1) is 5.92 Å². The highest BCUT2D eigenvalue weighted by Crippen LogP contribution is 2.41. The smallest absolute Gasteiger partial charge is 0.263 e. The number of hydrogen-bond acceptors (Lipinski definition) is 6. The minimum absolute atomic E-state index is 0.0797. The van der Waals surface area contributed by atoms with Crippen molar-refractivity contribution in [2.75, 3.05) is 50.5 Å². The monoisotopic (exact) mass is 328 g/mol. The lowest BCUT2D eigenvalue weighted by Gasteiger charge is -2.12. The lowest BCUT2D eigenvalue weighted by Crippen LogP contribution is -2.22. The minimum Gasteiger partial charge on any atom is -0.396 e. The minimum atomic E-state index is -0.0797. The molecule has 0 radical (unpaired) electrons. The van der Waals surface area contributed by atoms with Gasteiger partial charge in [-0.2, -0.15) is 0 Å². The summed E-state index contributed by atoms with van der Waals surface area (Å²) >= 11 is 3.05. The molecule has 2 rings (SSSR count). The third-order valence-corrected chi connectivity index (χ3v) is 5.81. The lowest BCUT2D eigenvalue weighted by atomic mass is 10.1. The predicted octanol–water partition coefficient (Wildman–Crippen LogP) is 2.17. The zero-order valence-electron chi connectivity index (χ0n) is 12.9. The fourth-order valence-corrected chi connectivity index (χ4v) is 4.55. The van der Waals surface area contributed by atoms with Crippen molar-refractivity contribution in [3.8, 4) is 0 Å². The van der Waals surface area contributed by atoms with E-state index in [9.17, 15) is 4.79 Å². The zero-order chi connectivity index (χ0) is 15.4. The summed E-state index contributed by atoms with van der Waals surface area (Å²) in [6, 6.07) is 0. The van der Waals surface area contributed by atoms with Gasteiger partial charge >= 0.3 is 0 Å². The van der Waals surface area contributed by atoms with E-state index in [4.69, 9.17) is 5.73 Å². The molecule has 1 aromatic heterocycles. The molecule has 0 bridgehead atoms. The molecule has 2 heterocycles. The summed E-state index contributed by atoms with van der Waals surface area (Å²) in [6.07, 6.45) is 3.22. The van der Waals surface area contributed by atoms with E-state index in [0.29, 0.717) is 23.0 Å². The first-order valence-corrected chi connectivity index (χ1v) is 9.27. The van der Waals surface area contributed by atoms with Crippen molar-refractivity contribution in [2.45, 2.75) is 18.2 Å². The van der Waals surface area contributed by atoms with Crippen LogP contribution < -0.4 is 16.4 Å². The van der Waals surface area contributed by atoms with Crippen molar-refractivity contribution < 1.29 is 4.79 Å². The number of anilines is 2. The Morgan fingerprint density at radius 2 is 2.33 bits per heavy atom. The molecule has 118 valence electrons. The normalized spacial score (nSPS) is 18.9. The molecule has 7 heteroatoms. The molecule has 0 spiro atoms. The van der Waals surface area contributed by atoms with Crippen molar-refractivity contribution >= 4 is 39.7 Å². The van der Waals surface area contributed by atoms with Crippen molar-refractivity contribution in [3.63, 3.8) is 0 Å². The number of nitrogen functional groups attached to an aromatic ring is 1. The molecular formula is C14H24N4OS2. The van der Waals surface area contributed by atoms with Gasteiger partial charge in [0.15, 0.2) is 0 Å². The second-order valence-electron chi connectivity index (χ2n) is 5.36. The molecule has 1 atom stereocenters. The summed E-state index contributed by atoms with van der Waals surface area (Å²) in [7, 11) is 2.16. The number of carbonyl (C=O) groups excluding carboxylic acids is 1. The molecule has 1 saturated heterocycles. The number of thiophene rings is 1. The topological polar surface area (TPSA) is 70.4 Å². The van der Waals surface area contributed by atoms with E-state index in [2.05, 4.69) is 22.6 Å². The predicted molar refractivity (Wildman–Crippen MR) is 92.6 cm³/mol. The van der Waals surface area contributed by atoms with Crippen molar-refractivity contribution in [2.24, 2.45) is 5.92 Å². The summed E-state index contributed by atoms with van der Waals surface area (Å²) in [5.41, 5.74) is 6.73. The Kier molecular flexibility index (Phi) is 5.78. The summed E-state index contributed by atoms with van der Waals surface area (Å²) in [6.45, 7) is 5.76. The van der Waals surface area contributed by atoms with Crippen LogP contribution in [0.5, 0.6) is 0 Å². The zero-order valence-corrected chi connectivity index (χ0v) is 14.5. The third-order valence-electron chi connectivity index (χ3n) is 3.69. The fraction of sp³-hybridized carbons (Fsp3) is 0.643. The first-order chi connectivity index (χ1) is 10.1. The average molecular weight is 329 g/mol. The van der Waals surface area contributed by atoms with Crippen molar-refractivity contribution in [1.29, 1.82) is 0 Å². The summed E-state index contributed by atoms with van der Waals surface area (Å²) in [5, 5.41) is 7.34. The lowest BCUT2D eigenvalue weighted by molar-refractivity contribution is 0.0960. The van der Waals surface area contributed by atoms with Crippen LogP contribution >= 0.6 is 23.1 Å². The number of nitrogens with one attached hydrogen (secondary N) is 2. The molecule has 21 heavy (non-hydrogen) atoms. The van der Waals surface area contributed by atoms with E-state index >= 15 is 0 Å². The van der Waals surface area contributed by atoms with Gasteiger partial charge in [0.25, 0.3) is 5.91 Å². The van der Waals surface area contributed by atoms with Gasteiger partial charge in [-0.15, -0.1) is 23.1 Å². The summed E-state index contributed by atoms with van der Waals surface area (Å²) in [4.78, 5) is 16.0. The van der Waals surface area contributed by atoms with E-state index in [0.717, 1.165) is 23.0 Å². The van der Waals surface area contributed by atoms with Gasteiger partial charge in [0.1, 0.15) is 9.88 Å². The summed E-state index contributed by atoms with van der Waals surface area (Å²) < 4.78 is 0. The van der Waals surface area contributed by atoms with E-state index < -0.39 is 0 Å². The molecule has 4 N–H and O–H groups in total. The Bertz CT molecular complexity index is 503. The van der Waals surface area contributed by atoms with Crippen LogP contribution in [0.2, 0.25) is 0 Å². The third kappa shape index (κ3) is 3.84. The molecule has 1 aliphatic heterocycles. The van der Waals surface area contributed by atoms with Gasteiger partial charge in [0.2, 0.25) is 0 Å². The van der Waals surface area contributed by atoms with E-state index in [1.54, 1.807) is 11.8 Å². The van der Waals surface area contributed by atoms with E-state index in [1.807, 2.05) is 13.2 Å². The second-order valence-corrected chi connectivity index (χ2v) is 7.20. The van der Waals surface area contributed by atoms with Crippen LogP contribution in [0.3, 0.4) is 0 Å². The SMILES string of the molecule is CCNC(=O)c1sc(NCC2CCN(C)C2)c(SC)c1N. The van der Waals surface area contributed by atoms with Gasteiger partial charge in [-0.1, -0.05) is 0 Å². The molecule has 1 amide bonds. The molecule has 0 aromatic carbocycles. The van der Waals surface area contributed by atoms with Crippen LogP contribution in [-0.4, -0.2) is 50.3 Å². The maximum atomic E-state index is 12.0.